The number of amidine groups is 1. The van der Waals surface area contributed by atoms with E-state index >= 15 is 0 Å². The number of nitrogens with one attached hydrogen (secondary N) is 3. The van der Waals surface area contributed by atoms with Gasteiger partial charge in [0.05, 0.1) is 24.4 Å². The molecular weight excluding hydrogens is 498 g/mol. The molecule has 0 aromatic heterocycles. The van der Waals surface area contributed by atoms with Crippen molar-refractivity contribution in [2.24, 2.45) is 4.99 Å². The number of aliphatic imine (C=N–C) groups is 1. The maximum absolute atomic E-state index is 13.6. The third-order valence-corrected chi connectivity index (χ3v) is 7.42. The molecule has 1 atom stereocenters. The summed E-state index contributed by atoms with van der Waals surface area (Å²) < 4.78 is 5.17. The van der Waals surface area contributed by atoms with Crippen LogP contribution in [0.5, 0.6) is 5.75 Å². The summed E-state index contributed by atoms with van der Waals surface area (Å²) in [5.41, 5.74) is 4.20. The van der Waals surface area contributed by atoms with Crippen molar-refractivity contribution in [1.29, 1.82) is 0 Å². The summed E-state index contributed by atoms with van der Waals surface area (Å²) in [6, 6.07) is 23.5. The molecule has 0 bridgehead atoms. The van der Waals surface area contributed by atoms with E-state index < -0.39 is 0 Å². The lowest BCUT2D eigenvalue weighted by molar-refractivity contribution is -0.113. The first kappa shape index (κ1) is 25.4. The molecule has 3 aromatic carbocycles. The number of para-hydroxylation sites is 1. The summed E-state index contributed by atoms with van der Waals surface area (Å²) in [5, 5.41) is 9.70. The number of carbonyl (C=O) groups is 2. The molecule has 3 amide bonds. The molecule has 5 rings (SSSR count). The maximum atomic E-state index is 13.6. The van der Waals surface area contributed by atoms with E-state index in [0.717, 1.165) is 35.1 Å². The van der Waals surface area contributed by atoms with Gasteiger partial charge in [-0.15, -0.1) is 0 Å². The van der Waals surface area contributed by atoms with Gasteiger partial charge in [-0.3, -0.25) is 4.79 Å². The van der Waals surface area contributed by atoms with Gasteiger partial charge < -0.3 is 25.6 Å². The van der Waals surface area contributed by atoms with Crippen molar-refractivity contribution in [3.8, 4) is 5.75 Å². The monoisotopic (exact) mass is 527 g/mol. The Bertz CT molecular complexity index is 1390. The third-order valence-electron chi connectivity index (χ3n) is 6.34. The predicted molar refractivity (Wildman–Crippen MR) is 154 cm³/mol. The largest absolute Gasteiger partial charge is 0.497 e. The molecule has 194 valence electrons. The minimum absolute atomic E-state index is 0.187. The number of fused-ring (bicyclic) bond motifs is 1. The number of nitrogens with zero attached hydrogens (tertiary/aromatic N) is 2. The number of allylic oxidation sites excluding steroid dienone is 1. The molecular formula is C29H29N5O3S. The number of hydrogen-bond acceptors (Lipinski definition) is 6. The van der Waals surface area contributed by atoms with Gasteiger partial charge in [-0.2, -0.15) is 0 Å². The van der Waals surface area contributed by atoms with Gasteiger partial charge in [-0.1, -0.05) is 42.1 Å². The number of carbonyl (C=O) groups excluding carboxylic acids is 2. The molecule has 2 heterocycles. The highest BCUT2D eigenvalue weighted by atomic mass is 32.2. The van der Waals surface area contributed by atoms with E-state index in [1.54, 1.807) is 43.1 Å². The standard InChI is InChI=1S/C29H29N5O3S/c1-19-25(27(35)31-21-9-4-3-5-10-21)26(34-16-7-17-38-29(34)30-19)20-8-6-11-23(18-20)33-28(36)32-22-12-14-24(37-2)15-13-22/h3-6,8-15,18,26H,7,16-17H2,1-2H3,(H,31,35)(H2,32,33,36). The lowest BCUT2D eigenvalue weighted by atomic mass is 9.93. The van der Waals surface area contributed by atoms with Gasteiger partial charge in [0, 0.05) is 29.4 Å². The molecule has 38 heavy (non-hydrogen) atoms. The number of hydrogen-bond donors (Lipinski definition) is 3. The van der Waals surface area contributed by atoms with Gasteiger partial charge in [0.1, 0.15) is 5.75 Å². The molecule has 2 aliphatic rings. The van der Waals surface area contributed by atoms with Crippen LogP contribution in [0.2, 0.25) is 0 Å². The highest BCUT2D eigenvalue weighted by Gasteiger charge is 2.37. The second-order valence-electron chi connectivity index (χ2n) is 8.94. The fourth-order valence-corrected chi connectivity index (χ4v) is 5.60. The lowest BCUT2D eigenvalue weighted by Crippen LogP contribution is -2.43. The predicted octanol–water partition coefficient (Wildman–Crippen LogP) is 6.10. The van der Waals surface area contributed by atoms with Crippen LogP contribution in [0.1, 0.15) is 24.9 Å². The zero-order valence-electron chi connectivity index (χ0n) is 21.2. The van der Waals surface area contributed by atoms with Crippen LogP contribution in [-0.4, -0.2) is 41.4 Å². The fourth-order valence-electron chi connectivity index (χ4n) is 4.58. The number of methoxy groups -OCH3 is 1. The topological polar surface area (TPSA) is 95.1 Å². The number of thioether (sulfide) groups is 1. The van der Waals surface area contributed by atoms with E-state index in [-0.39, 0.29) is 18.0 Å². The van der Waals surface area contributed by atoms with Crippen molar-refractivity contribution >= 4 is 45.9 Å². The second kappa shape index (κ2) is 11.4. The number of amides is 3. The molecule has 0 radical (unpaired) electrons. The second-order valence-corrected chi connectivity index (χ2v) is 10.0. The molecule has 1 unspecified atom stereocenters. The molecule has 0 aliphatic carbocycles. The van der Waals surface area contributed by atoms with Crippen LogP contribution in [0, 0.1) is 0 Å². The minimum atomic E-state index is -0.361. The molecule has 0 spiro atoms. The Morgan fingerprint density at radius 2 is 1.63 bits per heavy atom. The van der Waals surface area contributed by atoms with Crippen LogP contribution in [0.4, 0.5) is 21.9 Å². The Labute approximate surface area is 226 Å². The normalized spacial score (nSPS) is 16.7. The fraction of sp³-hybridized carbons (Fsp3) is 0.207. The summed E-state index contributed by atoms with van der Waals surface area (Å²) in [6.45, 7) is 2.68. The van der Waals surface area contributed by atoms with Crippen LogP contribution >= 0.6 is 11.8 Å². The van der Waals surface area contributed by atoms with E-state index in [9.17, 15) is 9.59 Å². The van der Waals surface area contributed by atoms with Gasteiger partial charge in [0.15, 0.2) is 5.17 Å². The van der Waals surface area contributed by atoms with E-state index in [1.165, 1.54) is 0 Å². The quantitative estimate of drug-likeness (QED) is 0.360. The van der Waals surface area contributed by atoms with Gasteiger partial charge in [0.2, 0.25) is 0 Å². The third kappa shape index (κ3) is 5.68. The Kier molecular flexibility index (Phi) is 7.65. The van der Waals surface area contributed by atoms with Crippen molar-refractivity contribution in [1.82, 2.24) is 4.90 Å². The first-order chi connectivity index (χ1) is 18.5. The zero-order chi connectivity index (χ0) is 26.5. The van der Waals surface area contributed by atoms with Crippen LogP contribution in [0.25, 0.3) is 0 Å². The lowest BCUT2D eigenvalue weighted by Gasteiger charge is -2.41. The molecule has 1 fully saturated rings. The summed E-state index contributed by atoms with van der Waals surface area (Å²) in [6.07, 6.45) is 0.995. The van der Waals surface area contributed by atoms with Crippen LogP contribution in [-0.2, 0) is 4.79 Å². The van der Waals surface area contributed by atoms with Gasteiger partial charge >= 0.3 is 6.03 Å². The van der Waals surface area contributed by atoms with E-state index in [0.29, 0.717) is 28.4 Å². The molecule has 9 heteroatoms. The van der Waals surface area contributed by atoms with E-state index in [4.69, 9.17) is 9.73 Å². The molecule has 3 aromatic rings. The first-order valence-corrected chi connectivity index (χ1v) is 13.4. The van der Waals surface area contributed by atoms with Crippen molar-refractivity contribution in [3.63, 3.8) is 0 Å². The molecule has 1 saturated heterocycles. The van der Waals surface area contributed by atoms with E-state index in [2.05, 4.69) is 20.9 Å². The Hall–Kier alpha value is -4.24. The number of ether oxygens (including phenoxy) is 1. The Morgan fingerprint density at radius 3 is 2.39 bits per heavy atom. The minimum Gasteiger partial charge on any atom is -0.497 e. The van der Waals surface area contributed by atoms with Crippen molar-refractivity contribution in [2.45, 2.75) is 19.4 Å². The summed E-state index contributed by atoms with van der Waals surface area (Å²) in [7, 11) is 1.60. The highest BCUT2D eigenvalue weighted by molar-refractivity contribution is 8.13. The maximum Gasteiger partial charge on any atom is 0.323 e. The average molecular weight is 528 g/mol. The number of benzene rings is 3. The van der Waals surface area contributed by atoms with Gasteiger partial charge in [-0.25, -0.2) is 9.79 Å². The van der Waals surface area contributed by atoms with Crippen molar-refractivity contribution in [2.75, 3.05) is 35.4 Å². The summed E-state index contributed by atoms with van der Waals surface area (Å²) in [5.74, 6) is 1.52. The zero-order valence-corrected chi connectivity index (χ0v) is 22.0. The first-order valence-electron chi connectivity index (χ1n) is 12.4. The van der Waals surface area contributed by atoms with Crippen molar-refractivity contribution < 1.29 is 14.3 Å². The Morgan fingerprint density at radius 1 is 0.921 bits per heavy atom. The van der Waals surface area contributed by atoms with Gasteiger partial charge in [-0.05, 0) is 67.4 Å². The number of rotatable bonds is 6. The average Bonchev–Trinajstić information content (AvgIpc) is 2.93. The molecule has 2 aliphatic heterocycles. The van der Waals surface area contributed by atoms with Crippen molar-refractivity contribution in [3.05, 3.63) is 95.7 Å². The highest BCUT2D eigenvalue weighted by Crippen LogP contribution is 2.40. The summed E-state index contributed by atoms with van der Waals surface area (Å²) in [4.78, 5) is 33.3. The van der Waals surface area contributed by atoms with Crippen LogP contribution in [0.15, 0.2) is 95.1 Å². The van der Waals surface area contributed by atoms with Gasteiger partial charge in [0.25, 0.3) is 5.91 Å². The number of urea groups is 1. The van der Waals surface area contributed by atoms with Crippen LogP contribution < -0.4 is 20.7 Å². The van der Waals surface area contributed by atoms with E-state index in [1.807, 2.05) is 61.5 Å². The molecule has 0 saturated carbocycles. The van der Waals surface area contributed by atoms with Crippen LogP contribution in [0.3, 0.4) is 0 Å². The SMILES string of the molecule is COc1ccc(NC(=O)Nc2cccc(C3C(C(=O)Nc4ccccc4)=C(C)N=C4SCCCN43)c2)cc1. The molecule has 3 N–H and O–H groups in total. The summed E-state index contributed by atoms with van der Waals surface area (Å²) >= 11 is 1.71. The Balaban J connectivity index is 1.41. The number of anilines is 3. The smallest absolute Gasteiger partial charge is 0.323 e. The molecule has 8 nitrogen and oxygen atoms in total.